The van der Waals surface area contributed by atoms with Crippen molar-refractivity contribution in [1.29, 1.82) is 0 Å². The molecular formula is C11H20N4S. The van der Waals surface area contributed by atoms with Gasteiger partial charge in [-0.15, -0.1) is 5.10 Å². The molecule has 1 unspecified atom stereocenters. The first kappa shape index (κ1) is 11.6. The maximum absolute atomic E-state index is 5.25. The van der Waals surface area contributed by atoms with E-state index in [-0.39, 0.29) is 0 Å². The predicted octanol–water partition coefficient (Wildman–Crippen LogP) is 2.59. The molecular weight excluding hydrogens is 220 g/mol. The average molecular weight is 240 g/mol. The van der Waals surface area contributed by atoms with Gasteiger partial charge in [-0.25, -0.2) is 5.10 Å². The van der Waals surface area contributed by atoms with Crippen LogP contribution >= 0.6 is 12.2 Å². The van der Waals surface area contributed by atoms with E-state index in [9.17, 15) is 0 Å². The standard InChI is InChI=1S/C11H20N4S/c1-3-6-15-10(12-13-11(15)16)14-7-5-9(4-2)8-14/h9H,3-8H2,1-2H3,(H,13,16). The highest BCUT2D eigenvalue weighted by Gasteiger charge is 2.24. The van der Waals surface area contributed by atoms with Crippen molar-refractivity contribution in [1.82, 2.24) is 14.8 Å². The van der Waals surface area contributed by atoms with Gasteiger partial charge >= 0.3 is 0 Å². The Bertz CT molecular complexity index is 395. The van der Waals surface area contributed by atoms with E-state index in [1.165, 1.54) is 12.8 Å². The van der Waals surface area contributed by atoms with Crippen molar-refractivity contribution in [2.45, 2.75) is 39.7 Å². The largest absolute Gasteiger partial charge is 0.341 e. The molecule has 1 saturated heterocycles. The number of anilines is 1. The molecule has 1 fully saturated rings. The summed E-state index contributed by atoms with van der Waals surface area (Å²) in [6, 6.07) is 0. The Morgan fingerprint density at radius 3 is 2.94 bits per heavy atom. The second-order valence-corrected chi connectivity index (χ2v) is 4.88. The van der Waals surface area contributed by atoms with E-state index < -0.39 is 0 Å². The fraction of sp³-hybridized carbons (Fsp3) is 0.818. The summed E-state index contributed by atoms with van der Waals surface area (Å²) in [4.78, 5) is 2.36. The van der Waals surface area contributed by atoms with Gasteiger partial charge in [0.2, 0.25) is 5.95 Å². The second kappa shape index (κ2) is 4.99. The van der Waals surface area contributed by atoms with E-state index in [1.807, 2.05) is 0 Å². The van der Waals surface area contributed by atoms with Crippen LogP contribution in [0.2, 0.25) is 0 Å². The molecule has 4 nitrogen and oxygen atoms in total. The third-order valence-corrected chi connectivity index (χ3v) is 3.64. The summed E-state index contributed by atoms with van der Waals surface area (Å²) in [7, 11) is 0. The van der Waals surface area contributed by atoms with E-state index in [0.717, 1.165) is 42.7 Å². The fourth-order valence-electron chi connectivity index (χ4n) is 2.32. The highest BCUT2D eigenvalue weighted by Crippen LogP contribution is 2.24. The molecule has 1 N–H and O–H groups in total. The number of aromatic nitrogens is 3. The molecule has 0 aliphatic carbocycles. The minimum absolute atomic E-state index is 0.747. The van der Waals surface area contributed by atoms with Crippen LogP contribution in [0.5, 0.6) is 0 Å². The second-order valence-electron chi connectivity index (χ2n) is 4.49. The molecule has 1 aromatic rings. The number of hydrogen-bond donors (Lipinski definition) is 1. The number of hydrogen-bond acceptors (Lipinski definition) is 3. The lowest BCUT2D eigenvalue weighted by Crippen LogP contribution is -2.23. The summed E-state index contributed by atoms with van der Waals surface area (Å²) >= 11 is 5.25. The Hall–Kier alpha value is -0.840. The van der Waals surface area contributed by atoms with E-state index in [1.54, 1.807) is 0 Å². The summed E-state index contributed by atoms with van der Waals surface area (Å²) in [5.74, 6) is 1.85. The van der Waals surface area contributed by atoms with Crippen molar-refractivity contribution in [3.63, 3.8) is 0 Å². The first-order chi connectivity index (χ1) is 7.76. The Morgan fingerprint density at radius 2 is 2.31 bits per heavy atom. The fourth-order valence-corrected chi connectivity index (χ4v) is 2.54. The maximum Gasteiger partial charge on any atom is 0.225 e. The van der Waals surface area contributed by atoms with Crippen LogP contribution in [0.25, 0.3) is 0 Å². The minimum atomic E-state index is 0.747. The van der Waals surface area contributed by atoms with Crippen molar-refractivity contribution in [3.05, 3.63) is 4.77 Å². The predicted molar refractivity (Wildman–Crippen MR) is 68.3 cm³/mol. The molecule has 0 radical (unpaired) electrons. The van der Waals surface area contributed by atoms with Crippen LogP contribution in [0.4, 0.5) is 5.95 Å². The van der Waals surface area contributed by atoms with Crippen LogP contribution in [0.1, 0.15) is 33.1 Å². The van der Waals surface area contributed by atoms with Gasteiger partial charge in [-0.2, -0.15) is 0 Å². The van der Waals surface area contributed by atoms with Crippen LogP contribution < -0.4 is 4.90 Å². The third kappa shape index (κ3) is 2.14. The van der Waals surface area contributed by atoms with Crippen LogP contribution in [-0.2, 0) is 6.54 Å². The maximum atomic E-state index is 5.25. The van der Waals surface area contributed by atoms with E-state index in [4.69, 9.17) is 12.2 Å². The lowest BCUT2D eigenvalue weighted by atomic mass is 10.1. The Morgan fingerprint density at radius 1 is 1.50 bits per heavy atom. The van der Waals surface area contributed by atoms with Gasteiger partial charge in [0.15, 0.2) is 4.77 Å². The van der Waals surface area contributed by atoms with Gasteiger partial charge in [0.05, 0.1) is 0 Å². The monoisotopic (exact) mass is 240 g/mol. The SMILES string of the molecule is CCCn1c(N2CCC(CC)C2)n[nH]c1=S. The van der Waals surface area contributed by atoms with Crippen molar-refractivity contribution in [2.75, 3.05) is 18.0 Å². The number of rotatable bonds is 4. The van der Waals surface area contributed by atoms with Crippen LogP contribution in [0, 0.1) is 10.7 Å². The summed E-state index contributed by atoms with van der Waals surface area (Å²) in [5, 5.41) is 7.26. The third-order valence-electron chi connectivity index (χ3n) is 3.33. The minimum Gasteiger partial charge on any atom is -0.341 e. The topological polar surface area (TPSA) is 36.9 Å². The molecule has 0 amide bonds. The number of H-pyrrole nitrogens is 1. The first-order valence-electron chi connectivity index (χ1n) is 6.16. The summed E-state index contributed by atoms with van der Waals surface area (Å²) in [6.07, 6.45) is 3.63. The molecule has 0 aromatic carbocycles. The van der Waals surface area contributed by atoms with Gasteiger partial charge in [-0.1, -0.05) is 20.3 Å². The van der Waals surface area contributed by atoms with Gasteiger partial charge in [-0.05, 0) is 31.0 Å². The molecule has 2 heterocycles. The van der Waals surface area contributed by atoms with Crippen molar-refractivity contribution in [3.8, 4) is 0 Å². The summed E-state index contributed by atoms with van der Waals surface area (Å²) < 4.78 is 2.87. The molecule has 1 aliphatic rings. The zero-order chi connectivity index (χ0) is 11.5. The molecule has 0 bridgehead atoms. The Labute approximate surface area is 102 Å². The molecule has 1 atom stereocenters. The molecule has 1 aromatic heterocycles. The molecule has 2 rings (SSSR count). The lowest BCUT2D eigenvalue weighted by molar-refractivity contribution is 0.566. The van der Waals surface area contributed by atoms with E-state index in [0.29, 0.717) is 0 Å². The normalized spacial score (nSPS) is 20.6. The quantitative estimate of drug-likeness (QED) is 0.822. The van der Waals surface area contributed by atoms with Crippen LogP contribution in [0.3, 0.4) is 0 Å². The van der Waals surface area contributed by atoms with Gasteiger partial charge < -0.3 is 4.90 Å². The van der Waals surface area contributed by atoms with Gasteiger partial charge in [0, 0.05) is 19.6 Å². The summed E-state index contributed by atoms with van der Waals surface area (Å²) in [6.45, 7) is 7.62. The molecule has 0 spiro atoms. The van der Waals surface area contributed by atoms with E-state index >= 15 is 0 Å². The van der Waals surface area contributed by atoms with Gasteiger partial charge in [0.25, 0.3) is 0 Å². The lowest BCUT2D eigenvalue weighted by Gasteiger charge is -2.17. The van der Waals surface area contributed by atoms with Gasteiger partial charge in [-0.3, -0.25) is 4.57 Å². The number of nitrogens with zero attached hydrogens (tertiary/aromatic N) is 3. The van der Waals surface area contributed by atoms with E-state index in [2.05, 4.69) is 33.5 Å². The smallest absolute Gasteiger partial charge is 0.225 e. The van der Waals surface area contributed by atoms with Crippen molar-refractivity contribution >= 4 is 18.2 Å². The molecule has 5 heteroatoms. The van der Waals surface area contributed by atoms with Gasteiger partial charge in [0.1, 0.15) is 0 Å². The van der Waals surface area contributed by atoms with Crippen LogP contribution in [0.15, 0.2) is 0 Å². The zero-order valence-electron chi connectivity index (χ0n) is 10.1. The number of nitrogens with one attached hydrogen (secondary N) is 1. The summed E-state index contributed by atoms with van der Waals surface area (Å²) in [5.41, 5.74) is 0. The molecule has 1 aliphatic heterocycles. The average Bonchev–Trinajstić information content (AvgIpc) is 2.87. The zero-order valence-corrected chi connectivity index (χ0v) is 10.9. The van der Waals surface area contributed by atoms with Crippen molar-refractivity contribution < 1.29 is 0 Å². The highest BCUT2D eigenvalue weighted by molar-refractivity contribution is 7.71. The molecule has 90 valence electrons. The highest BCUT2D eigenvalue weighted by atomic mass is 32.1. The van der Waals surface area contributed by atoms with Crippen LogP contribution in [-0.4, -0.2) is 27.9 Å². The molecule has 16 heavy (non-hydrogen) atoms. The number of aromatic amines is 1. The first-order valence-corrected chi connectivity index (χ1v) is 6.57. The Kier molecular flexibility index (Phi) is 3.63. The Balaban J connectivity index is 2.18. The van der Waals surface area contributed by atoms with Crippen molar-refractivity contribution in [2.24, 2.45) is 5.92 Å². The molecule has 0 saturated carbocycles.